The molecule has 4 aromatic rings. The lowest BCUT2D eigenvalue weighted by Crippen LogP contribution is -2.29. The van der Waals surface area contributed by atoms with Crippen LogP contribution in [0.4, 0.5) is 0 Å². The number of nitrogens with zero attached hydrogens (tertiary/aromatic N) is 1. The Bertz CT molecular complexity index is 1170. The first kappa shape index (κ1) is 21.9. The number of rotatable bonds is 8. The van der Waals surface area contributed by atoms with E-state index in [2.05, 4.69) is 41.5 Å². The van der Waals surface area contributed by atoms with Crippen molar-refractivity contribution in [3.05, 3.63) is 96.2 Å². The zero-order valence-electron chi connectivity index (χ0n) is 18.3. The van der Waals surface area contributed by atoms with Crippen LogP contribution < -0.4 is 5.32 Å². The third kappa shape index (κ3) is 4.94. The van der Waals surface area contributed by atoms with Gasteiger partial charge in [0.05, 0.1) is 6.04 Å². The Morgan fingerprint density at radius 3 is 2.34 bits per heavy atom. The number of amides is 1. The molecule has 162 valence electrons. The fraction of sp³-hybridized carbons (Fsp3) is 0.185. The first-order chi connectivity index (χ1) is 15.7. The number of carbonyl (C=O) groups is 1. The third-order valence-electron chi connectivity index (χ3n) is 5.41. The predicted molar refractivity (Wildman–Crippen MR) is 133 cm³/mol. The van der Waals surface area contributed by atoms with Crippen LogP contribution >= 0.6 is 11.8 Å². The summed E-state index contributed by atoms with van der Waals surface area (Å²) >= 11 is 1.67. The van der Waals surface area contributed by atoms with E-state index in [0.29, 0.717) is 17.2 Å². The number of H-pyrrole nitrogens is 1. The number of nitrogens with one attached hydrogen (secondary N) is 2. The van der Waals surface area contributed by atoms with Gasteiger partial charge in [-0.15, -0.1) is 11.8 Å². The van der Waals surface area contributed by atoms with Crippen molar-refractivity contribution in [3.63, 3.8) is 0 Å². The Kier molecular flexibility index (Phi) is 7.07. The quantitative estimate of drug-likeness (QED) is 0.298. The minimum absolute atomic E-state index is 0.0532. The molecular formula is C27H27N3OS. The molecule has 5 heteroatoms. The number of imidazole rings is 1. The van der Waals surface area contributed by atoms with Gasteiger partial charge < -0.3 is 10.3 Å². The van der Waals surface area contributed by atoms with Crippen LogP contribution in [-0.2, 0) is 0 Å². The Balaban J connectivity index is 1.74. The predicted octanol–water partition coefficient (Wildman–Crippen LogP) is 6.74. The second-order valence-corrected chi connectivity index (χ2v) is 8.51. The van der Waals surface area contributed by atoms with Gasteiger partial charge in [-0.2, -0.15) is 0 Å². The van der Waals surface area contributed by atoms with Crippen LogP contribution in [0.2, 0.25) is 0 Å². The van der Waals surface area contributed by atoms with Crippen molar-refractivity contribution >= 4 is 17.7 Å². The SMILES string of the molecule is CCCC(NC(=O)c1[nH]c(-c2ccccc2)nc1-c1cccc(SC)c1)c1ccccc1. The van der Waals surface area contributed by atoms with Crippen LogP contribution in [0, 0.1) is 0 Å². The molecule has 0 aliphatic rings. The number of aromatic amines is 1. The van der Waals surface area contributed by atoms with Crippen molar-refractivity contribution in [2.45, 2.75) is 30.7 Å². The second-order valence-electron chi connectivity index (χ2n) is 7.63. The second kappa shape index (κ2) is 10.3. The molecule has 4 nitrogen and oxygen atoms in total. The molecule has 0 spiro atoms. The molecule has 1 atom stereocenters. The largest absolute Gasteiger partial charge is 0.344 e. The molecule has 0 aliphatic heterocycles. The highest BCUT2D eigenvalue weighted by atomic mass is 32.2. The number of thioether (sulfide) groups is 1. The Morgan fingerprint density at radius 1 is 0.969 bits per heavy atom. The minimum atomic E-state index is -0.147. The van der Waals surface area contributed by atoms with Crippen molar-refractivity contribution in [1.29, 1.82) is 0 Å². The summed E-state index contributed by atoms with van der Waals surface area (Å²) in [5, 5.41) is 3.24. The van der Waals surface area contributed by atoms with Crippen molar-refractivity contribution in [1.82, 2.24) is 15.3 Å². The van der Waals surface area contributed by atoms with Crippen molar-refractivity contribution in [3.8, 4) is 22.6 Å². The molecule has 4 rings (SSSR count). The summed E-state index contributed by atoms with van der Waals surface area (Å²) in [5.74, 6) is 0.540. The van der Waals surface area contributed by atoms with Gasteiger partial charge in [-0.05, 0) is 30.4 Å². The highest BCUT2D eigenvalue weighted by molar-refractivity contribution is 7.98. The van der Waals surface area contributed by atoms with E-state index in [1.54, 1.807) is 11.8 Å². The maximum Gasteiger partial charge on any atom is 0.270 e. The Hall–Kier alpha value is -3.31. The maximum atomic E-state index is 13.5. The van der Waals surface area contributed by atoms with Crippen LogP contribution in [0.1, 0.15) is 41.9 Å². The summed E-state index contributed by atoms with van der Waals surface area (Å²) < 4.78 is 0. The van der Waals surface area contributed by atoms with Gasteiger partial charge in [0.1, 0.15) is 17.2 Å². The number of aromatic nitrogens is 2. The van der Waals surface area contributed by atoms with E-state index < -0.39 is 0 Å². The molecule has 0 saturated carbocycles. The molecule has 0 aliphatic carbocycles. The molecule has 1 unspecified atom stereocenters. The molecule has 0 bridgehead atoms. The van der Waals surface area contributed by atoms with Gasteiger partial charge in [-0.3, -0.25) is 4.79 Å². The average molecular weight is 442 g/mol. The van der Waals surface area contributed by atoms with Gasteiger partial charge in [0.2, 0.25) is 0 Å². The first-order valence-electron chi connectivity index (χ1n) is 10.8. The number of carbonyl (C=O) groups excluding carboxylic acids is 1. The van der Waals surface area contributed by atoms with Crippen LogP contribution in [0.15, 0.2) is 89.8 Å². The fourth-order valence-electron chi connectivity index (χ4n) is 3.78. The van der Waals surface area contributed by atoms with Gasteiger partial charge in [-0.25, -0.2) is 4.98 Å². The molecule has 32 heavy (non-hydrogen) atoms. The lowest BCUT2D eigenvalue weighted by atomic mass is 10.0. The Morgan fingerprint density at radius 2 is 1.66 bits per heavy atom. The lowest BCUT2D eigenvalue weighted by Gasteiger charge is -2.18. The monoisotopic (exact) mass is 441 g/mol. The van der Waals surface area contributed by atoms with Gasteiger partial charge in [0.15, 0.2) is 0 Å². The number of hydrogen-bond donors (Lipinski definition) is 2. The van der Waals surface area contributed by atoms with Crippen molar-refractivity contribution in [2.75, 3.05) is 6.26 Å². The lowest BCUT2D eigenvalue weighted by molar-refractivity contribution is 0.0930. The van der Waals surface area contributed by atoms with Crippen LogP contribution in [0.5, 0.6) is 0 Å². The van der Waals surface area contributed by atoms with E-state index in [1.165, 1.54) is 0 Å². The van der Waals surface area contributed by atoms with E-state index in [1.807, 2.05) is 66.9 Å². The van der Waals surface area contributed by atoms with E-state index in [4.69, 9.17) is 4.98 Å². The minimum Gasteiger partial charge on any atom is -0.344 e. The van der Waals surface area contributed by atoms with Gasteiger partial charge >= 0.3 is 0 Å². The summed E-state index contributed by atoms with van der Waals surface area (Å²) in [4.78, 5) is 22.8. The maximum absolute atomic E-state index is 13.5. The van der Waals surface area contributed by atoms with E-state index in [-0.39, 0.29) is 11.9 Å². The standard InChI is InChI=1S/C27H27N3OS/c1-3-11-23(19-12-6-4-7-13-19)28-27(31)25-24(21-16-10-17-22(18-21)32-2)29-26(30-25)20-14-8-5-9-15-20/h4-10,12-18,23H,3,11H2,1-2H3,(H,28,31)(H,29,30). The smallest absolute Gasteiger partial charge is 0.270 e. The molecular weight excluding hydrogens is 414 g/mol. The van der Waals surface area contributed by atoms with Crippen molar-refractivity contribution in [2.24, 2.45) is 0 Å². The van der Waals surface area contributed by atoms with Crippen molar-refractivity contribution < 1.29 is 4.79 Å². The highest BCUT2D eigenvalue weighted by Crippen LogP contribution is 2.29. The van der Waals surface area contributed by atoms with Gasteiger partial charge in [0.25, 0.3) is 5.91 Å². The average Bonchev–Trinajstić information content (AvgIpc) is 3.31. The molecule has 1 heterocycles. The molecule has 0 radical (unpaired) electrons. The topological polar surface area (TPSA) is 57.8 Å². The zero-order valence-corrected chi connectivity index (χ0v) is 19.2. The van der Waals surface area contributed by atoms with E-state index >= 15 is 0 Å². The molecule has 1 amide bonds. The third-order valence-corrected chi connectivity index (χ3v) is 6.13. The first-order valence-corrected chi connectivity index (χ1v) is 12.1. The zero-order chi connectivity index (χ0) is 22.3. The van der Waals surface area contributed by atoms with Crippen LogP contribution in [-0.4, -0.2) is 22.1 Å². The molecule has 0 saturated heterocycles. The summed E-state index contributed by atoms with van der Waals surface area (Å²) in [6, 6.07) is 28.1. The molecule has 1 aromatic heterocycles. The highest BCUT2D eigenvalue weighted by Gasteiger charge is 2.22. The van der Waals surface area contributed by atoms with Gasteiger partial charge in [-0.1, -0.05) is 86.1 Å². The number of hydrogen-bond acceptors (Lipinski definition) is 3. The van der Waals surface area contributed by atoms with E-state index in [9.17, 15) is 4.79 Å². The normalized spacial score (nSPS) is 11.8. The van der Waals surface area contributed by atoms with Gasteiger partial charge in [0, 0.05) is 16.0 Å². The number of benzene rings is 3. The summed E-state index contributed by atoms with van der Waals surface area (Å²) in [5.41, 5.74) is 4.13. The molecule has 3 aromatic carbocycles. The summed E-state index contributed by atoms with van der Waals surface area (Å²) in [6.45, 7) is 2.13. The summed E-state index contributed by atoms with van der Waals surface area (Å²) in [6.07, 6.45) is 3.88. The molecule has 0 fully saturated rings. The van der Waals surface area contributed by atoms with Crippen LogP contribution in [0.3, 0.4) is 0 Å². The van der Waals surface area contributed by atoms with Crippen LogP contribution in [0.25, 0.3) is 22.6 Å². The fourth-order valence-corrected chi connectivity index (χ4v) is 4.24. The molecule has 2 N–H and O–H groups in total. The Labute approximate surface area is 193 Å². The van der Waals surface area contributed by atoms with E-state index in [0.717, 1.165) is 34.4 Å². The summed E-state index contributed by atoms with van der Waals surface area (Å²) in [7, 11) is 0.